The average molecular weight is 253 g/mol. The largest absolute Gasteiger partial charge is 0.462 e. The first kappa shape index (κ1) is 11.9. The Balaban J connectivity index is 1.96. The van der Waals surface area contributed by atoms with Crippen molar-refractivity contribution in [2.24, 2.45) is 4.99 Å². The molecule has 0 spiro atoms. The van der Waals surface area contributed by atoms with Crippen molar-refractivity contribution in [3.05, 3.63) is 47.5 Å². The van der Waals surface area contributed by atoms with Crippen molar-refractivity contribution >= 4 is 11.7 Å². The van der Waals surface area contributed by atoms with E-state index < -0.39 is 0 Å². The smallest absolute Gasteiger partial charge is 0.352 e. The summed E-state index contributed by atoms with van der Waals surface area (Å²) in [6.07, 6.45) is 0.576. The molecule has 19 heavy (non-hydrogen) atoms. The Morgan fingerprint density at radius 3 is 3.00 bits per heavy atom. The van der Waals surface area contributed by atoms with Crippen LogP contribution >= 0.6 is 0 Å². The van der Waals surface area contributed by atoms with Gasteiger partial charge < -0.3 is 4.74 Å². The summed E-state index contributed by atoms with van der Waals surface area (Å²) >= 11 is 0. The van der Waals surface area contributed by atoms with Gasteiger partial charge in [0.25, 0.3) is 0 Å². The summed E-state index contributed by atoms with van der Waals surface area (Å²) in [6.45, 7) is 2.77. The van der Waals surface area contributed by atoms with Gasteiger partial charge in [-0.2, -0.15) is 0 Å². The summed E-state index contributed by atoms with van der Waals surface area (Å²) < 4.78 is 5.02. The molecule has 0 unspecified atom stereocenters. The van der Waals surface area contributed by atoms with E-state index in [1.807, 2.05) is 25.1 Å². The van der Waals surface area contributed by atoms with Crippen molar-refractivity contribution in [2.45, 2.75) is 19.9 Å². The van der Waals surface area contributed by atoms with Gasteiger partial charge in [-0.1, -0.05) is 36.4 Å². The Morgan fingerprint density at radius 1 is 1.32 bits per heavy atom. The number of hydrogen-bond donors (Lipinski definition) is 0. The highest BCUT2D eigenvalue weighted by Gasteiger charge is 2.23. The maximum Gasteiger partial charge on any atom is 0.352 e. The summed E-state index contributed by atoms with van der Waals surface area (Å²) in [7, 11) is 0. The minimum absolute atomic E-state index is 0.288. The predicted octanol–water partition coefficient (Wildman–Crippen LogP) is 2.85. The maximum atomic E-state index is 11.7. The van der Waals surface area contributed by atoms with Crippen LogP contribution in [0.1, 0.15) is 18.1 Å². The number of nitrogens with zero attached hydrogens (tertiary/aromatic N) is 1. The van der Waals surface area contributed by atoms with Crippen LogP contribution in [-0.4, -0.2) is 18.3 Å². The fraction of sp³-hybridized carbons (Fsp3) is 0.250. The van der Waals surface area contributed by atoms with Crippen molar-refractivity contribution in [1.82, 2.24) is 0 Å². The van der Waals surface area contributed by atoms with Gasteiger partial charge in [0, 0.05) is 6.42 Å². The van der Waals surface area contributed by atoms with Crippen LogP contribution < -0.4 is 0 Å². The van der Waals surface area contributed by atoms with Crippen molar-refractivity contribution in [1.29, 1.82) is 0 Å². The number of carbonyl (C=O) groups is 1. The first-order valence-electron chi connectivity index (χ1n) is 6.49. The van der Waals surface area contributed by atoms with E-state index in [9.17, 15) is 4.79 Å². The molecule has 3 nitrogen and oxygen atoms in total. The SMILES string of the molecule is CCOC(=O)C1=NCc2c(cc3cccccc2-3)C1. The van der Waals surface area contributed by atoms with E-state index in [0.29, 0.717) is 25.3 Å². The van der Waals surface area contributed by atoms with E-state index in [1.54, 1.807) is 0 Å². The standard InChI is InChI=1S/C16H15NO2/c1-2-19-16(18)15-9-12-8-11-6-4-3-5-7-13(11)14(12)10-17-15/h3-8H,2,9-10H2,1H3. The molecule has 2 aliphatic carbocycles. The third-order valence-electron chi connectivity index (χ3n) is 3.41. The molecule has 0 aromatic rings. The molecule has 0 saturated carbocycles. The van der Waals surface area contributed by atoms with Crippen LogP contribution in [0.5, 0.6) is 0 Å². The van der Waals surface area contributed by atoms with Crippen LogP contribution in [0.3, 0.4) is 0 Å². The van der Waals surface area contributed by atoms with Gasteiger partial charge in [0.2, 0.25) is 0 Å². The molecule has 0 bridgehead atoms. The molecule has 0 N–H and O–H groups in total. The molecule has 0 radical (unpaired) electrons. The lowest BCUT2D eigenvalue weighted by Crippen LogP contribution is -2.22. The molecule has 3 heteroatoms. The van der Waals surface area contributed by atoms with Crippen molar-refractivity contribution in [3.63, 3.8) is 0 Å². The zero-order valence-electron chi connectivity index (χ0n) is 10.8. The van der Waals surface area contributed by atoms with E-state index in [0.717, 1.165) is 0 Å². The van der Waals surface area contributed by atoms with Crippen molar-refractivity contribution in [2.75, 3.05) is 6.61 Å². The second-order valence-electron chi connectivity index (χ2n) is 4.59. The highest BCUT2D eigenvalue weighted by atomic mass is 16.5. The van der Waals surface area contributed by atoms with Crippen molar-refractivity contribution in [3.8, 4) is 11.1 Å². The number of ether oxygens (including phenoxy) is 1. The van der Waals surface area contributed by atoms with E-state index in [1.165, 1.54) is 22.3 Å². The molecule has 0 saturated heterocycles. The molecule has 0 amide bonds. The average Bonchev–Trinajstić information content (AvgIpc) is 2.60. The normalized spacial score (nSPS) is 13.8. The fourth-order valence-corrected chi connectivity index (χ4v) is 2.52. The topological polar surface area (TPSA) is 38.7 Å². The van der Waals surface area contributed by atoms with E-state index in [2.05, 4.69) is 23.2 Å². The van der Waals surface area contributed by atoms with Crippen LogP contribution in [-0.2, 0) is 22.5 Å². The second-order valence-corrected chi connectivity index (χ2v) is 4.59. The Hall–Kier alpha value is -2.16. The molecule has 0 aromatic carbocycles. The minimum Gasteiger partial charge on any atom is -0.462 e. The van der Waals surface area contributed by atoms with Gasteiger partial charge in [0.05, 0.1) is 13.2 Å². The lowest BCUT2D eigenvalue weighted by Gasteiger charge is -2.12. The highest BCUT2D eigenvalue weighted by molar-refractivity contribution is 6.37. The molecular weight excluding hydrogens is 238 g/mol. The summed E-state index contributed by atoms with van der Waals surface area (Å²) in [5.41, 5.74) is 5.40. The van der Waals surface area contributed by atoms with Gasteiger partial charge in [-0.3, -0.25) is 4.99 Å². The predicted molar refractivity (Wildman–Crippen MR) is 74.5 cm³/mol. The number of rotatable bonds is 2. The fourth-order valence-electron chi connectivity index (χ4n) is 2.52. The molecule has 0 aromatic heterocycles. The summed E-state index contributed by atoms with van der Waals surface area (Å²) in [4.78, 5) is 16.1. The van der Waals surface area contributed by atoms with Gasteiger partial charge in [-0.05, 0) is 29.2 Å². The number of hydrogen-bond acceptors (Lipinski definition) is 3. The lowest BCUT2D eigenvalue weighted by atomic mass is 10.0. The third kappa shape index (κ3) is 2.12. The van der Waals surface area contributed by atoms with Gasteiger partial charge in [0.1, 0.15) is 5.71 Å². The van der Waals surface area contributed by atoms with E-state index in [-0.39, 0.29) is 5.97 Å². The number of esters is 1. The Labute approximate surface area is 112 Å². The quantitative estimate of drug-likeness (QED) is 0.772. The van der Waals surface area contributed by atoms with Crippen LogP contribution in [0, 0.1) is 0 Å². The first-order chi connectivity index (χ1) is 9.29. The van der Waals surface area contributed by atoms with Crippen LogP contribution in [0.2, 0.25) is 0 Å². The van der Waals surface area contributed by atoms with Crippen LogP contribution in [0.15, 0.2) is 41.4 Å². The third-order valence-corrected chi connectivity index (χ3v) is 3.41. The minimum atomic E-state index is -0.288. The highest BCUT2D eigenvalue weighted by Crippen LogP contribution is 2.34. The maximum absolute atomic E-state index is 11.7. The van der Waals surface area contributed by atoms with E-state index >= 15 is 0 Å². The van der Waals surface area contributed by atoms with Gasteiger partial charge >= 0.3 is 5.97 Å². The molecule has 3 aliphatic rings. The number of aliphatic imine (C=N–C) groups is 1. The molecule has 96 valence electrons. The molecule has 0 atom stereocenters. The Bertz CT molecular complexity index is 631. The second kappa shape index (κ2) is 4.84. The van der Waals surface area contributed by atoms with E-state index in [4.69, 9.17) is 4.74 Å². The van der Waals surface area contributed by atoms with Crippen LogP contribution in [0.4, 0.5) is 0 Å². The zero-order chi connectivity index (χ0) is 13.2. The Morgan fingerprint density at radius 2 is 2.16 bits per heavy atom. The number of carbonyl (C=O) groups excluding carboxylic acids is 1. The summed E-state index contributed by atoms with van der Waals surface area (Å²) in [5, 5.41) is 0. The van der Waals surface area contributed by atoms with Gasteiger partial charge in [-0.25, -0.2) is 4.79 Å². The lowest BCUT2D eigenvalue weighted by molar-refractivity contribution is -0.135. The molecule has 1 heterocycles. The first-order valence-corrected chi connectivity index (χ1v) is 6.49. The number of fused-ring (bicyclic) bond motifs is 3. The Kier molecular flexibility index (Phi) is 3.03. The van der Waals surface area contributed by atoms with Gasteiger partial charge in [-0.15, -0.1) is 0 Å². The monoisotopic (exact) mass is 253 g/mol. The molecule has 1 aliphatic heterocycles. The molecule has 3 rings (SSSR count). The zero-order valence-corrected chi connectivity index (χ0v) is 10.8. The summed E-state index contributed by atoms with van der Waals surface area (Å²) in [5.74, 6) is -0.288. The summed E-state index contributed by atoms with van der Waals surface area (Å²) in [6, 6.07) is 12.4. The van der Waals surface area contributed by atoms with Crippen LogP contribution in [0.25, 0.3) is 11.1 Å². The molecular formula is C16H15NO2. The molecule has 0 fully saturated rings. The van der Waals surface area contributed by atoms with Crippen molar-refractivity contribution < 1.29 is 9.53 Å². The van der Waals surface area contributed by atoms with Gasteiger partial charge in [0.15, 0.2) is 0 Å².